The molecule has 0 N–H and O–H groups in total. The normalized spacial score (nSPS) is 18.7. The molecule has 0 atom stereocenters. The molecule has 3 heterocycles. The molecule has 2 aromatic heterocycles. The molecule has 5 rings (SSSR count). The van der Waals surface area contributed by atoms with Gasteiger partial charge in [-0.1, -0.05) is 28.9 Å². The first kappa shape index (κ1) is 19.4. The SMILES string of the molecule is CC1(COc2ccc3c(nnn3CC3CC3)c2Cl)CCN(C(=O)c2ccon2)CC1. The summed E-state index contributed by atoms with van der Waals surface area (Å²) in [7, 11) is 0. The minimum absolute atomic E-state index is 0.0392. The molecule has 0 unspecified atom stereocenters. The number of amides is 1. The van der Waals surface area contributed by atoms with E-state index in [1.54, 1.807) is 6.07 Å². The molecule has 3 aromatic rings. The summed E-state index contributed by atoms with van der Waals surface area (Å²) in [6.45, 7) is 4.93. The second-order valence-electron chi connectivity index (χ2n) is 8.74. The predicted octanol–water partition coefficient (Wildman–Crippen LogP) is 3.80. The summed E-state index contributed by atoms with van der Waals surface area (Å²) in [5, 5.41) is 12.8. The van der Waals surface area contributed by atoms with E-state index in [1.807, 2.05) is 21.7 Å². The monoisotopic (exact) mass is 429 g/mol. The summed E-state index contributed by atoms with van der Waals surface area (Å²) >= 11 is 6.58. The van der Waals surface area contributed by atoms with Gasteiger partial charge < -0.3 is 14.2 Å². The van der Waals surface area contributed by atoms with Gasteiger partial charge in [0, 0.05) is 31.1 Å². The summed E-state index contributed by atoms with van der Waals surface area (Å²) < 4.78 is 12.8. The van der Waals surface area contributed by atoms with E-state index in [0.717, 1.165) is 24.9 Å². The highest BCUT2D eigenvalue weighted by Crippen LogP contribution is 2.37. The number of nitrogens with zero attached hydrogens (tertiary/aromatic N) is 5. The van der Waals surface area contributed by atoms with E-state index in [-0.39, 0.29) is 11.3 Å². The van der Waals surface area contributed by atoms with Crippen molar-refractivity contribution in [3.8, 4) is 5.75 Å². The van der Waals surface area contributed by atoms with Gasteiger partial charge in [-0.05, 0) is 43.7 Å². The zero-order chi connectivity index (χ0) is 20.7. The molecular weight excluding hydrogens is 406 g/mol. The number of hydrogen-bond donors (Lipinski definition) is 0. The lowest BCUT2D eigenvalue weighted by atomic mass is 9.81. The maximum Gasteiger partial charge on any atom is 0.276 e. The number of ether oxygens (including phenoxy) is 1. The third-order valence-corrected chi connectivity index (χ3v) is 6.57. The van der Waals surface area contributed by atoms with Gasteiger partial charge in [0.05, 0.1) is 12.1 Å². The summed E-state index contributed by atoms with van der Waals surface area (Å²) in [5.74, 6) is 1.26. The Morgan fingerprint density at radius 3 is 2.80 bits per heavy atom. The molecule has 2 fully saturated rings. The van der Waals surface area contributed by atoms with E-state index in [9.17, 15) is 4.79 Å². The Morgan fingerprint density at radius 1 is 1.30 bits per heavy atom. The smallest absolute Gasteiger partial charge is 0.276 e. The quantitative estimate of drug-likeness (QED) is 0.592. The lowest BCUT2D eigenvalue weighted by Crippen LogP contribution is -2.44. The molecule has 1 saturated heterocycles. The Morgan fingerprint density at radius 2 is 2.10 bits per heavy atom. The van der Waals surface area contributed by atoms with Crippen LogP contribution in [0.4, 0.5) is 0 Å². The Hall–Kier alpha value is -2.61. The molecule has 8 nitrogen and oxygen atoms in total. The Balaban J connectivity index is 1.22. The molecule has 30 heavy (non-hydrogen) atoms. The van der Waals surface area contributed by atoms with E-state index in [0.29, 0.717) is 47.6 Å². The van der Waals surface area contributed by atoms with Crippen molar-refractivity contribution in [1.29, 1.82) is 0 Å². The Kier molecular flexibility index (Phi) is 4.89. The van der Waals surface area contributed by atoms with E-state index in [2.05, 4.69) is 22.4 Å². The van der Waals surface area contributed by atoms with Gasteiger partial charge in [-0.15, -0.1) is 5.10 Å². The van der Waals surface area contributed by atoms with Gasteiger partial charge in [-0.25, -0.2) is 4.68 Å². The zero-order valence-corrected chi connectivity index (χ0v) is 17.6. The number of halogens is 1. The van der Waals surface area contributed by atoms with Crippen LogP contribution in [0, 0.1) is 11.3 Å². The number of fused-ring (bicyclic) bond motifs is 1. The standard InChI is InChI=1S/C21H24ClN5O3/c1-21(7-9-26(10-8-21)20(28)15-6-11-30-24-15)13-29-17-5-4-16-19(18(17)22)23-25-27(16)12-14-2-3-14/h4-6,11,14H,2-3,7-10,12-13H2,1H3. The van der Waals surface area contributed by atoms with E-state index < -0.39 is 0 Å². The Bertz CT molecular complexity index is 1050. The van der Waals surface area contributed by atoms with Gasteiger partial charge in [0.25, 0.3) is 5.91 Å². The number of carbonyl (C=O) groups excluding carboxylic acids is 1. The average molecular weight is 430 g/mol. The van der Waals surface area contributed by atoms with Gasteiger partial charge in [0.15, 0.2) is 5.69 Å². The van der Waals surface area contributed by atoms with Crippen molar-refractivity contribution >= 4 is 28.5 Å². The van der Waals surface area contributed by atoms with Crippen LogP contribution in [0.15, 0.2) is 29.0 Å². The van der Waals surface area contributed by atoms with E-state index in [4.69, 9.17) is 20.9 Å². The summed E-state index contributed by atoms with van der Waals surface area (Å²) in [5.41, 5.74) is 1.95. The van der Waals surface area contributed by atoms with E-state index >= 15 is 0 Å². The molecule has 158 valence electrons. The molecular formula is C21H24ClN5O3. The van der Waals surface area contributed by atoms with Crippen molar-refractivity contribution in [3.63, 3.8) is 0 Å². The molecule has 9 heteroatoms. The average Bonchev–Trinajstić information content (AvgIpc) is 3.23. The summed E-state index contributed by atoms with van der Waals surface area (Å²) in [4.78, 5) is 14.2. The summed E-state index contributed by atoms with van der Waals surface area (Å²) in [6, 6.07) is 5.49. The van der Waals surface area contributed by atoms with Crippen molar-refractivity contribution in [2.45, 2.75) is 39.2 Å². The van der Waals surface area contributed by atoms with E-state index in [1.165, 1.54) is 19.1 Å². The van der Waals surface area contributed by atoms with Crippen LogP contribution in [0.3, 0.4) is 0 Å². The minimum Gasteiger partial charge on any atom is -0.491 e. The molecule has 0 radical (unpaired) electrons. The molecule has 1 saturated carbocycles. The molecule has 2 aliphatic rings. The van der Waals surface area contributed by atoms with Crippen molar-refractivity contribution in [3.05, 3.63) is 35.2 Å². The topological polar surface area (TPSA) is 86.3 Å². The lowest BCUT2D eigenvalue weighted by Gasteiger charge is -2.38. The van der Waals surface area contributed by atoms with Crippen LogP contribution in [0.2, 0.25) is 5.02 Å². The van der Waals surface area contributed by atoms with Crippen LogP contribution in [0.25, 0.3) is 11.0 Å². The van der Waals surface area contributed by atoms with Crippen molar-refractivity contribution in [2.75, 3.05) is 19.7 Å². The number of aromatic nitrogens is 4. The Labute approximate surface area is 179 Å². The fourth-order valence-corrected chi connectivity index (χ4v) is 4.16. The van der Waals surface area contributed by atoms with Crippen LogP contribution in [0.1, 0.15) is 43.1 Å². The molecule has 1 aliphatic heterocycles. The first-order valence-corrected chi connectivity index (χ1v) is 10.7. The van der Waals surface area contributed by atoms with Crippen LogP contribution in [-0.2, 0) is 6.54 Å². The number of piperidine rings is 1. The van der Waals surface area contributed by atoms with Crippen molar-refractivity contribution in [1.82, 2.24) is 25.1 Å². The minimum atomic E-state index is -0.0884. The molecule has 0 spiro atoms. The molecule has 0 bridgehead atoms. The van der Waals surface area contributed by atoms with Crippen LogP contribution in [-0.4, -0.2) is 50.7 Å². The number of rotatable bonds is 6. The van der Waals surface area contributed by atoms with Gasteiger partial charge in [-0.3, -0.25) is 4.79 Å². The van der Waals surface area contributed by atoms with Gasteiger partial charge >= 0.3 is 0 Å². The number of carbonyl (C=O) groups is 1. The van der Waals surface area contributed by atoms with Crippen molar-refractivity contribution < 1.29 is 14.1 Å². The molecule has 1 amide bonds. The molecule has 1 aromatic carbocycles. The second-order valence-corrected chi connectivity index (χ2v) is 9.11. The fourth-order valence-electron chi connectivity index (χ4n) is 3.91. The highest BCUT2D eigenvalue weighted by molar-refractivity contribution is 6.36. The molecule has 1 aliphatic carbocycles. The maximum atomic E-state index is 12.4. The van der Waals surface area contributed by atoms with Crippen molar-refractivity contribution in [2.24, 2.45) is 11.3 Å². The van der Waals surface area contributed by atoms with Gasteiger partial charge in [-0.2, -0.15) is 0 Å². The number of hydrogen-bond acceptors (Lipinski definition) is 6. The second kappa shape index (κ2) is 7.58. The lowest BCUT2D eigenvalue weighted by molar-refractivity contribution is 0.0477. The fraction of sp³-hybridized carbons (Fsp3) is 0.524. The third kappa shape index (κ3) is 3.76. The summed E-state index contributed by atoms with van der Waals surface area (Å²) in [6.07, 6.45) is 5.62. The third-order valence-electron chi connectivity index (χ3n) is 6.21. The zero-order valence-electron chi connectivity index (χ0n) is 16.9. The van der Waals surface area contributed by atoms with Crippen LogP contribution in [0.5, 0.6) is 5.75 Å². The maximum absolute atomic E-state index is 12.4. The first-order valence-electron chi connectivity index (χ1n) is 10.4. The highest BCUT2D eigenvalue weighted by Gasteiger charge is 2.34. The number of likely N-dealkylation sites (tertiary alicyclic amines) is 1. The number of benzene rings is 1. The van der Waals surface area contributed by atoms with Gasteiger partial charge in [0.2, 0.25) is 0 Å². The predicted molar refractivity (Wildman–Crippen MR) is 111 cm³/mol. The highest BCUT2D eigenvalue weighted by atomic mass is 35.5. The van der Waals surface area contributed by atoms with Gasteiger partial charge in [0.1, 0.15) is 22.6 Å². The van der Waals surface area contributed by atoms with Crippen LogP contribution < -0.4 is 4.74 Å². The van der Waals surface area contributed by atoms with Crippen LogP contribution >= 0.6 is 11.6 Å². The first-order chi connectivity index (χ1) is 14.5. The largest absolute Gasteiger partial charge is 0.491 e.